The lowest BCUT2D eigenvalue weighted by Crippen LogP contribution is -2.20. The van der Waals surface area contributed by atoms with Gasteiger partial charge in [-0.1, -0.05) is 6.92 Å². The van der Waals surface area contributed by atoms with Crippen LogP contribution in [0.4, 0.5) is 22.0 Å². The van der Waals surface area contributed by atoms with Crippen LogP contribution in [0.1, 0.15) is 19.4 Å². The molecule has 0 saturated carbocycles. The van der Waals surface area contributed by atoms with Crippen LogP contribution in [0.3, 0.4) is 0 Å². The summed E-state index contributed by atoms with van der Waals surface area (Å²) in [6, 6.07) is 2.87. The topological polar surface area (TPSA) is 78.4 Å². The van der Waals surface area contributed by atoms with Crippen molar-refractivity contribution in [3.63, 3.8) is 0 Å². The maximum absolute atomic E-state index is 13.3. The highest BCUT2D eigenvalue weighted by Crippen LogP contribution is 2.39. The van der Waals surface area contributed by atoms with Crippen LogP contribution < -0.4 is 9.47 Å². The normalized spacial score (nSPS) is 12.7. The predicted molar refractivity (Wildman–Crippen MR) is 92.9 cm³/mol. The van der Waals surface area contributed by atoms with Gasteiger partial charge in [-0.2, -0.15) is 13.2 Å². The molecule has 0 N–H and O–H groups in total. The number of methoxy groups -OCH3 is 1. The van der Waals surface area contributed by atoms with Gasteiger partial charge in [0.25, 0.3) is 5.92 Å². The van der Waals surface area contributed by atoms with E-state index in [1.54, 1.807) is 0 Å². The highest BCUT2D eigenvalue weighted by Gasteiger charge is 2.38. The fraction of sp³-hybridized carbons (Fsp3) is 0.412. The van der Waals surface area contributed by atoms with Crippen LogP contribution in [-0.2, 0) is 16.0 Å². The molecule has 0 unspecified atom stereocenters. The second-order valence-corrected chi connectivity index (χ2v) is 8.28. The standard InChI is InChI=1S/C17H17F5N2O4S/c1-4-29(25,26)13-7-11(17(20,21)22)15(27-3)24-14(13)12-6-5-10(8-23-12)28-9-16(2,18)19/h5-8H,4,9H2,1-3H3. The fourth-order valence-corrected chi connectivity index (χ4v) is 3.28. The smallest absolute Gasteiger partial charge is 0.421 e. The lowest BCUT2D eigenvalue weighted by Gasteiger charge is -2.16. The van der Waals surface area contributed by atoms with Crippen molar-refractivity contribution < 1.29 is 39.8 Å². The number of halogens is 5. The molecule has 0 amide bonds. The van der Waals surface area contributed by atoms with Gasteiger partial charge < -0.3 is 9.47 Å². The van der Waals surface area contributed by atoms with Crippen LogP contribution in [0.15, 0.2) is 29.3 Å². The molecule has 2 rings (SSSR count). The van der Waals surface area contributed by atoms with Gasteiger partial charge in [0.05, 0.1) is 29.6 Å². The van der Waals surface area contributed by atoms with E-state index in [1.807, 2.05) is 0 Å². The largest absolute Gasteiger partial charge is 0.486 e. The van der Waals surface area contributed by atoms with Gasteiger partial charge in [-0.25, -0.2) is 22.2 Å². The van der Waals surface area contributed by atoms with Crippen LogP contribution in [0.2, 0.25) is 0 Å². The van der Waals surface area contributed by atoms with Gasteiger partial charge >= 0.3 is 6.18 Å². The Labute approximate surface area is 163 Å². The molecule has 2 aromatic heterocycles. The first-order valence-corrected chi connectivity index (χ1v) is 9.79. The molecule has 12 heteroatoms. The molecular weight excluding hydrogens is 423 g/mol. The first kappa shape index (κ1) is 22.8. The number of sulfone groups is 1. The van der Waals surface area contributed by atoms with E-state index in [2.05, 4.69) is 14.7 Å². The van der Waals surface area contributed by atoms with Gasteiger partial charge in [0.15, 0.2) is 16.4 Å². The Morgan fingerprint density at radius 2 is 1.79 bits per heavy atom. The van der Waals surface area contributed by atoms with Gasteiger partial charge in [-0.3, -0.25) is 4.98 Å². The number of pyridine rings is 2. The van der Waals surface area contributed by atoms with Gasteiger partial charge in [0.1, 0.15) is 17.0 Å². The molecule has 0 aliphatic rings. The third-order valence-electron chi connectivity index (χ3n) is 3.64. The maximum atomic E-state index is 13.3. The van der Waals surface area contributed by atoms with E-state index in [0.717, 1.165) is 13.3 Å². The number of hydrogen-bond donors (Lipinski definition) is 0. The molecule has 160 valence electrons. The maximum Gasteiger partial charge on any atom is 0.421 e. The second-order valence-electron chi connectivity index (χ2n) is 6.03. The average Bonchev–Trinajstić information content (AvgIpc) is 2.64. The monoisotopic (exact) mass is 440 g/mol. The predicted octanol–water partition coefficient (Wildman–Crippen LogP) is 4.00. The summed E-state index contributed by atoms with van der Waals surface area (Å²) in [6.07, 6.45) is -3.86. The fourth-order valence-electron chi connectivity index (χ4n) is 2.23. The van der Waals surface area contributed by atoms with Gasteiger partial charge in [0, 0.05) is 6.92 Å². The van der Waals surface area contributed by atoms with Crippen molar-refractivity contribution in [3.05, 3.63) is 30.0 Å². The van der Waals surface area contributed by atoms with Gasteiger partial charge in [0.2, 0.25) is 5.88 Å². The van der Waals surface area contributed by atoms with Crippen LogP contribution in [0.5, 0.6) is 11.6 Å². The lowest BCUT2D eigenvalue weighted by molar-refractivity contribution is -0.139. The first-order chi connectivity index (χ1) is 13.3. The summed E-state index contributed by atoms with van der Waals surface area (Å²) in [5, 5.41) is 0. The van der Waals surface area contributed by atoms with Crippen molar-refractivity contribution in [2.45, 2.75) is 30.8 Å². The number of ether oxygens (including phenoxy) is 2. The zero-order chi connectivity index (χ0) is 22.0. The molecule has 0 aromatic carbocycles. The molecule has 0 spiro atoms. The number of aromatic nitrogens is 2. The van der Waals surface area contributed by atoms with E-state index in [-0.39, 0.29) is 17.1 Å². The number of alkyl halides is 5. The van der Waals surface area contributed by atoms with E-state index in [1.165, 1.54) is 19.1 Å². The molecule has 0 saturated heterocycles. The van der Waals surface area contributed by atoms with Crippen molar-refractivity contribution in [1.29, 1.82) is 0 Å². The van der Waals surface area contributed by atoms with Crippen molar-refractivity contribution >= 4 is 9.84 Å². The Bertz CT molecular complexity index is 971. The molecule has 2 heterocycles. The van der Waals surface area contributed by atoms with E-state index in [9.17, 15) is 30.4 Å². The molecule has 29 heavy (non-hydrogen) atoms. The quantitative estimate of drug-likeness (QED) is 0.606. The van der Waals surface area contributed by atoms with E-state index >= 15 is 0 Å². The minimum Gasteiger partial charge on any atom is -0.486 e. The molecule has 0 fully saturated rings. The Kier molecular flexibility index (Phi) is 6.36. The highest BCUT2D eigenvalue weighted by atomic mass is 32.2. The summed E-state index contributed by atoms with van der Waals surface area (Å²) in [4.78, 5) is 6.93. The summed E-state index contributed by atoms with van der Waals surface area (Å²) >= 11 is 0. The molecule has 2 aromatic rings. The summed E-state index contributed by atoms with van der Waals surface area (Å²) < 4.78 is 99.8. The molecule has 6 nitrogen and oxygen atoms in total. The zero-order valence-electron chi connectivity index (χ0n) is 15.5. The molecule has 0 aliphatic heterocycles. The second kappa shape index (κ2) is 8.09. The van der Waals surface area contributed by atoms with Crippen LogP contribution in [-0.4, -0.2) is 43.8 Å². The Morgan fingerprint density at radius 3 is 2.24 bits per heavy atom. The third-order valence-corrected chi connectivity index (χ3v) is 5.38. The van der Waals surface area contributed by atoms with Crippen LogP contribution >= 0.6 is 0 Å². The summed E-state index contributed by atoms with van der Waals surface area (Å²) in [5.74, 6) is -4.41. The number of nitrogens with zero attached hydrogens (tertiary/aromatic N) is 2. The molecule has 0 aliphatic carbocycles. The Balaban J connectivity index is 2.59. The SMILES string of the molecule is CCS(=O)(=O)c1cc(C(F)(F)F)c(OC)nc1-c1ccc(OCC(C)(F)F)cn1. The minimum atomic E-state index is -4.90. The third kappa shape index (κ3) is 5.52. The average molecular weight is 440 g/mol. The molecule has 0 bridgehead atoms. The minimum absolute atomic E-state index is 0.0333. The number of hydrogen-bond acceptors (Lipinski definition) is 6. The Morgan fingerprint density at radius 1 is 1.14 bits per heavy atom. The summed E-state index contributed by atoms with van der Waals surface area (Å²) in [6.45, 7) is 1.02. The van der Waals surface area contributed by atoms with Crippen molar-refractivity contribution in [2.24, 2.45) is 0 Å². The van der Waals surface area contributed by atoms with Crippen LogP contribution in [0.25, 0.3) is 11.4 Å². The van der Waals surface area contributed by atoms with Crippen molar-refractivity contribution in [1.82, 2.24) is 9.97 Å². The first-order valence-electron chi connectivity index (χ1n) is 8.14. The summed E-state index contributed by atoms with van der Waals surface area (Å²) in [5.41, 5.74) is -1.80. The van der Waals surface area contributed by atoms with Crippen molar-refractivity contribution in [2.75, 3.05) is 19.5 Å². The van der Waals surface area contributed by atoms with Gasteiger partial charge in [-0.05, 0) is 18.2 Å². The van der Waals surface area contributed by atoms with E-state index < -0.39 is 50.6 Å². The zero-order valence-corrected chi connectivity index (χ0v) is 16.4. The van der Waals surface area contributed by atoms with E-state index in [0.29, 0.717) is 13.0 Å². The lowest BCUT2D eigenvalue weighted by atomic mass is 10.2. The number of rotatable bonds is 7. The highest BCUT2D eigenvalue weighted by molar-refractivity contribution is 7.91. The van der Waals surface area contributed by atoms with Crippen LogP contribution in [0, 0.1) is 0 Å². The Hall–Kier alpha value is -2.50. The van der Waals surface area contributed by atoms with Gasteiger partial charge in [-0.15, -0.1) is 0 Å². The summed E-state index contributed by atoms with van der Waals surface area (Å²) in [7, 11) is -3.15. The molecule has 0 radical (unpaired) electrons. The molecular formula is C17H17F5N2O4S. The van der Waals surface area contributed by atoms with E-state index in [4.69, 9.17) is 4.74 Å². The molecule has 0 atom stereocenters. The van der Waals surface area contributed by atoms with Crippen molar-refractivity contribution in [3.8, 4) is 23.0 Å².